The van der Waals surface area contributed by atoms with Crippen molar-refractivity contribution in [2.75, 3.05) is 43.4 Å². The first kappa shape index (κ1) is 26.8. The van der Waals surface area contributed by atoms with Gasteiger partial charge in [-0.15, -0.1) is 0 Å². The largest absolute Gasteiger partial charge is 0.447 e. The van der Waals surface area contributed by atoms with Gasteiger partial charge in [-0.05, 0) is 50.2 Å². The molecule has 1 N–H and O–H groups in total. The minimum absolute atomic E-state index is 0.0594. The molecule has 3 aliphatic rings. The maximum absolute atomic E-state index is 13.4. The van der Waals surface area contributed by atoms with Crippen LogP contribution < -0.4 is 10.2 Å². The molecule has 0 radical (unpaired) electrons. The maximum Gasteiger partial charge on any atom is 0.407 e. The molecule has 3 unspecified atom stereocenters. The van der Waals surface area contributed by atoms with E-state index < -0.39 is 22.4 Å². The average Bonchev–Trinajstić information content (AvgIpc) is 3.26. The number of carbonyl (C=O) groups excluding carboxylic acids is 3. The quantitative estimate of drug-likeness (QED) is 0.585. The van der Waals surface area contributed by atoms with Gasteiger partial charge in [0.2, 0.25) is 5.91 Å². The van der Waals surface area contributed by atoms with Gasteiger partial charge in [0.15, 0.2) is 0 Å². The summed E-state index contributed by atoms with van der Waals surface area (Å²) in [7, 11) is -1.68. The highest BCUT2D eigenvalue weighted by atomic mass is 35.5. The molecule has 3 amide bonds. The fraction of sp³-hybridized carbons (Fsp3) is 0.423. The number of ether oxygens (including phenoxy) is 1. The molecule has 0 saturated carbocycles. The van der Waals surface area contributed by atoms with Crippen molar-refractivity contribution in [3.05, 3.63) is 58.1 Å². The van der Waals surface area contributed by atoms with Crippen molar-refractivity contribution in [1.82, 2.24) is 15.1 Å². The van der Waals surface area contributed by atoms with Gasteiger partial charge < -0.3 is 24.8 Å². The van der Waals surface area contributed by atoms with Crippen LogP contribution in [0.5, 0.6) is 0 Å². The topological polar surface area (TPSA) is 99.3 Å². The van der Waals surface area contributed by atoms with Gasteiger partial charge in [-0.3, -0.25) is 13.8 Å². The Kier molecular flexibility index (Phi) is 7.32. The number of carbonyl (C=O) groups is 3. The molecular formula is C26H28Cl2N4O5S. The Balaban J connectivity index is 1.21. The molecule has 5 rings (SSSR count). The van der Waals surface area contributed by atoms with Crippen molar-refractivity contribution in [3.8, 4) is 0 Å². The number of halogens is 2. The number of hydrogen-bond acceptors (Lipinski definition) is 6. The van der Waals surface area contributed by atoms with Gasteiger partial charge in [-0.1, -0.05) is 29.3 Å². The number of piperazine rings is 1. The Labute approximate surface area is 233 Å². The van der Waals surface area contributed by atoms with Crippen molar-refractivity contribution < 1.29 is 23.3 Å². The normalized spacial score (nSPS) is 23.1. The minimum Gasteiger partial charge on any atom is -0.447 e. The van der Waals surface area contributed by atoms with Crippen LogP contribution in [0.2, 0.25) is 10.0 Å². The fourth-order valence-electron chi connectivity index (χ4n) is 5.24. The first-order valence-electron chi connectivity index (χ1n) is 12.3. The van der Waals surface area contributed by atoms with Crippen LogP contribution in [0.1, 0.15) is 24.2 Å². The molecule has 12 heteroatoms. The third-order valence-electron chi connectivity index (χ3n) is 7.53. The minimum atomic E-state index is -1.68. The summed E-state index contributed by atoms with van der Waals surface area (Å²) in [6, 6.07) is 12.4. The van der Waals surface area contributed by atoms with Crippen molar-refractivity contribution in [3.63, 3.8) is 0 Å². The molecule has 2 aromatic carbocycles. The van der Waals surface area contributed by atoms with Crippen LogP contribution in [0.4, 0.5) is 10.5 Å². The van der Waals surface area contributed by atoms with Gasteiger partial charge >= 0.3 is 6.09 Å². The zero-order valence-corrected chi connectivity index (χ0v) is 23.3. The predicted molar refractivity (Wildman–Crippen MR) is 145 cm³/mol. The molecule has 3 aliphatic heterocycles. The molecule has 0 bridgehead atoms. The van der Waals surface area contributed by atoms with E-state index in [9.17, 15) is 18.6 Å². The Bertz CT molecular complexity index is 1320. The van der Waals surface area contributed by atoms with Gasteiger partial charge in [0.25, 0.3) is 5.91 Å². The Morgan fingerprint density at radius 2 is 1.87 bits per heavy atom. The highest BCUT2D eigenvalue weighted by Crippen LogP contribution is 2.30. The molecule has 38 heavy (non-hydrogen) atoms. The lowest BCUT2D eigenvalue weighted by Crippen LogP contribution is -2.70. The van der Waals surface area contributed by atoms with Crippen molar-refractivity contribution in [2.24, 2.45) is 0 Å². The lowest BCUT2D eigenvalue weighted by Gasteiger charge is -2.46. The lowest BCUT2D eigenvalue weighted by atomic mass is 9.92. The second kappa shape index (κ2) is 10.4. The van der Waals surface area contributed by atoms with E-state index in [0.29, 0.717) is 41.7 Å². The summed E-state index contributed by atoms with van der Waals surface area (Å²) in [6.07, 6.45) is -0.492. The van der Waals surface area contributed by atoms with Crippen LogP contribution in [0.15, 0.2) is 47.4 Å². The van der Waals surface area contributed by atoms with E-state index >= 15 is 0 Å². The van der Waals surface area contributed by atoms with Crippen molar-refractivity contribution in [2.45, 2.75) is 36.4 Å². The van der Waals surface area contributed by atoms with Crippen molar-refractivity contribution in [1.29, 1.82) is 0 Å². The van der Waals surface area contributed by atoms with Gasteiger partial charge in [-0.2, -0.15) is 0 Å². The number of rotatable bonds is 5. The first-order chi connectivity index (χ1) is 18.1. The third kappa shape index (κ3) is 5.09. The number of benzene rings is 2. The molecule has 9 nitrogen and oxygen atoms in total. The van der Waals surface area contributed by atoms with Crippen LogP contribution in [0, 0.1) is 0 Å². The molecule has 1 spiro atoms. The zero-order chi connectivity index (χ0) is 27.2. The van der Waals surface area contributed by atoms with E-state index in [4.69, 9.17) is 27.9 Å². The Hall–Kier alpha value is -2.82. The summed E-state index contributed by atoms with van der Waals surface area (Å²) in [6.45, 7) is 6.12. The molecule has 202 valence electrons. The Morgan fingerprint density at radius 1 is 1.11 bits per heavy atom. The summed E-state index contributed by atoms with van der Waals surface area (Å²) < 4.78 is 17.9. The average molecular weight is 580 g/mol. The van der Waals surface area contributed by atoms with Crippen LogP contribution in [0.25, 0.3) is 0 Å². The van der Waals surface area contributed by atoms with E-state index in [2.05, 4.69) is 17.1 Å². The fourth-order valence-corrected chi connectivity index (χ4v) is 6.92. The number of cyclic esters (lactones) is 1. The van der Waals surface area contributed by atoms with Crippen LogP contribution in [0.3, 0.4) is 0 Å². The van der Waals surface area contributed by atoms with Crippen LogP contribution >= 0.6 is 23.2 Å². The van der Waals surface area contributed by atoms with E-state index in [1.807, 2.05) is 36.1 Å². The number of alkyl carbamates (subject to hydrolysis) is 1. The predicted octanol–water partition coefficient (Wildman–Crippen LogP) is 3.16. The molecule has 3 atom stereocenters. The van der Waals surface area contributed by atoms with Crippen molar-refractivity contribution >= 4 is 57.6 Å². The highest BCUT2D eigenvalue weighted by molar-refractivity contribution is 7.85. The molecule has 0 aliphatic carbocycles. The number of nitrogens with zero attached hydrogens (tertiary/aromatic N) is 3. The lowest BCUT2D eigenvalue weighted by molar-refractivity contribution is -0.136. The first-order valence-corrected chi connectivity index (χ1v) is 14.4. The summed E-state index contributed by atoms with van der Waals surface area (Å²) >= 11 is 12.6. The number of hydrogen-bond donors (Lipinski definition) is 1. The summed E-state index contributed by atoms with van der Waals surface area (Å²) in [5.74, 6) is -0.693. The number of nitrogens with one attached hydrogen (secondary N) is 1. The summed E-state index contributed by atoms with van der Waals surface area (Å²) in [5.41, 5.74) is 0.879. The van der Waals surface area contributed by atoms with Gasteiger partial charge in [0.05, 0.1) is 20.7 Å². The molecule has 2 aromatic rings. The zero-order valence-electron chi connectivity index (χ0n) is 21.0. The number of amides is 3. The molecule has 3 heterocycles. The third-order valence-corrected chi connectivity index (χ3v) is 9.54. The number of likely N-dealkylation sites (tertiary alicyclic amines) is 1. The second-order valence-corrected chi connectivity index (χ2v) is 12.3. The van der Waals surface area contributed by atoms with Gasteiger partial charge in [0, 0.05) is 54.5 Å². The van der Waals surface area contributed by atoms with E-state index in [1.54, 1.807) is 12.1 Å². The summed E-state index contributed by atoms with van der Waals surface area (Å²) in [5, 5.41) is 3.56. The maximum atomic E-state index is 13.4. The molecule has 3 saturated heterocycles. The van der Waals surface area contributed by atoms with Crippen LogP contribution in [-0.4, -0.2) is 88.1 Å². The van der Waals surface area contributed by atoms with E-state index in [1.165, 1.54) is 11.0 Å². The number of anilines is 1. The van der Waals surface area contributed by atoms with Crippen LogP contribution in [-0.2, 0) is 20.3 Å². The highest BCUT2D eigenvalue weighted by Gasteiger charge is 2.51. The second-order valence-electron chi connectivity index (χ2n) is 10.0. The van der Waals surface area contributed by atoms with E-state index in [0.717, 1.165) is 5.69 Å². The Morgan fingerprint density at radius 3 is 2.53 bits per heavy atom. The molecule has 3 fully saturated rings. The van der Waals surface area contributed by atoms with Gasteiger partial charge in [-0.25, -0.2) is 4.79 Å². The standard InChI is InChI=1S/C26H28Cl2N4O5S/c1-16-17(2)32(9-8-31(16)20-5-3-4-19(27)11-20)24(34)18-6-7-22(21(28)10-18)38(36)12-23(33)30-13-26(14-30)15-37-25(35)29-26/h3-7,10-11,16-17H,8-9,12-15H2,1-2H3,(H,29,35). The SMILES string of the molecule is CC1C(C)N(c2cccc(Cl)c2)CCN1C(=O)c1ccc(S(=O)CC(=O)N2CC3(COC(=O)N3)C2)c(Cl)c1. The summed E-state index contributed by atoms with van der Waals surface area (Å²) in [4.78, 5) is 43.2. The smallest absolute Gasteiger partial charge is 0.407 e. The van der Waals surface area contributed by atoms with E-state index in [-0.39, 0.29) is 41.3 Å². The molecule has 0 aromatic heterocycles. The monoisotopic (exact) mass is 578 g/mol. The molecular weight excluding hydrogens is 551 g/mol. The van der Waals surface area contributed by atoms with Gasteiger partial charge in [0.1, 0.15) is 17.9 Å².